The molecule has 0 rings (SSSR count). The van der Waals surface area contributed by atoms with Gasteiger partial charge >= 0.3 is 0 Å². The van der Waals surface area contributed by atoms with E-state index in [0.29, 0.717) is 6.61 Å². The highest BCUT2D eigenvalue weighted by Crippen LogP contribution is 1.99. The lowest BCUT2D eigenvalue weighted by Gasteiger charge is -2.02. The predicted molar refractivity (Wildman–Crippen MR) is 37.7 cm³/mol. The van der Waals surface area contributed by atoms with Gasteiger partial charge in [-0.05, 0) is 19.0 Å². The van der Waals surface area contributed by atoms with Crippen molar-refractivity contribution in [1.82, 2.24) is 0 Å². The molecular weight excluding hydrogens is 122 g/mol. The lowest BCUT2D eigenvalue weighted by molar-refractivity contribution is 0.346. The predicted octanol–water partition coefficient (Wildman–Crippen LogP) is 1.02. The van der Waals surface area contributed by atoms with Gasteiger partial charge in [0.1, 0.15) is 0 Å². The maximum absolute atomic E-state index is 5.39. The van der Waals surface area contributed by atoms with Crippen molar-refractivity contribution in [2.75, 3.05) is 12.4 Å². The Bertz CT molecular complexity index is 49.7. The van der Waals surface area contributed by atoms with Crippen LogP contribution in [0.3, 0.4) is 0 Å². The molecule has 50 valence electrons. The van der Waals surface area contributed by atoms with Crippen molar-refractivity contribution >= 4 is 12.0 Å². The van der Waals surface area contributed by atoms with Crippen molar-refractivity contribution in [2.24, 2.45) is 5.73 Å². The summed E-state index contributed by atoms with van der Waals surface area (Å²) >= 11 is 1.46. The summed E-state index contributed by atoms with van der Waals surface area (Å²) in [7, 11) is 0. The number of hydrogen-bond donors (Lipinski definition) is 1. The minimum atomic E-state index is 0.161. The van der Waals surface area contributed by atoms with E-state index in [2.05, 4.69) is 0 Å². The van der Waals surface area contributed by atoms with Gasteiger partial charge in [-0.3, -0.25) is 0 Å². The molecular formula is C5H13NOS. The Hall–Kier alpha value is 0.270. The SMILES string of the molecule is CCSOCC(C)N. The fourth-order valence-electron chi connectivity index (χ4n) is 0.239. The molecule has 0 amide bonds. The summed E-state index contributed by atoms with van der Waals surface area (Å²) in [6, 6.07) is 0.161. The van der Waals surface area contributed by atoms with E-state index in [9.17, 15) is 0 Å². The molecule has 1 unspecified atom stereocenters. The zero-order chi connectivity index (χ0) is 6.41. The summed E-state index contributed by atoms with van der Waals surface area (Å²) in [6.07, 6.45) is 0. The summed E-state index contributed by atoms with van der Waals surface area (Å²) in [5.74, 6) is 0.993. The highest BCUT2D eigenvalue weighted by Gasteiger charge is 1.91. The van der Waals surface area contributed by atoms with Gasteiger partial charge in [-0.15, -0.1) is 0 Å². The minimum absolute atomic E-state index is 0.161. The van der Waals surface area contributed by atoms with Crippen molar-refractivity contribution < 1.29 is 4.18 Å². The summed E-state index contributed by atoms with van der Waals surface area (Å²) < 4.78 is 5.04. The normalized spacial score (nSPS) is 13.9. The molecule has 0 aromatic heterocycles. The summed E-state index contributed by atoms with van der Waals surface area (Å²) in [5, 5.41) is 0. The van der Waals surface area contributed by atoms with Crippen LogP contribution in [0, 0.1) is 0 Å². The molecule has 0 aromatic rings. The Kier molecular flexibility index (Phi) is 5.59. The van der Waals surface area contributed by atoms with E-state index < -0.39 is 0 Å². The molecule has 0 aliphatic heterocycles. The van der Waals surface area contributed by atoms with Crippen molar-refractivity contribution in [3.05, 3.63) is 0 Å². The molecule has 0 saturated heterocycles. The summed E-state index contributed by atoms with van der Waals surface area (Å²) in [5.41, 5.74) is 5.39. The van der Waals surface area contributed by atoms with Crippen LogP contribution in [0.15, 0.2) is 0 Å². The largest absolute Gasteiger partial charge is 0.326 e. The van der Waals surface area contributed by atoms with Gasteiger partial charge in [-0.25, -0.2) is 0 Å². The van der Waals surface area contributed by atoms with Crippen LogP contribution in [0.2, 0.25) is 0 Å². The summed E-state index contributed by atoms with van der Waals surface area (Å²) in [6.45, 7) is 4.63. The number of hydrogen-bond acceptors (Lipinski definition) is 3. The van der Waals surface area contributed by atoms with E-state index in [1.165, 1.54) is 12.0 Å². The number of nitrogens with two attached hydrogens (primary N) is 1. The molecule has 2 N–H and O–H groups in total. The van der Waals surface area contributed by atoms with E-state index >= 15 is 0 Å². The van der Waals surface area contributed by atoms with E-state index in [1.54, 1.807) is 0 Å². The molecule has 2 nitrogen and oxygen atoms in total. The molecule has 0 fully saturated rings. The molecule has 0 saturated carbocycles. The molecule has 0 spiro atoms. The molecule has 8 heavy (non-hydrogen) atoms. The smallest absolute Gasteiger partial charge is 0.0762 e. The van der Waals surface area contributed by atoms with Crippen molar-refractivity contribution in [1.29, 1.82) is 0 Å². The van der Waals surface area contributed by atoms with Gasteiger partial charge in [-0.1, -0.05) is 6.92 Å². The Labute approximate surface area is 55.0 Å². The first kappa shape index (κ1) is 8.27. The Morgan fingerprint density at radius 1 is 1.75 bits per heavy atom. The first-order valence-corrected chi connectivity index (χ1v) is 3.68. The maximum atomic E-state index is 5.39. The quantitative estimate of drug-likeness (QED) is 0.461. The van der Waals surface area contributed by atoms with Crippen LogP contribution >= 0.6 is 12.0 Å². The second kappa shape index (κ2) is 5.41. The molecule has 0 radical (unpaired) electrons. The lowest BCUT2D eigenvalue weighted by Crippen LogP contribution is -2.20. The third kappa shape index (κ3) is 6.27. The Morgan fingerprint density at radius 3 is 2.75 bits per heavy atom. The van der Waals surface area contributed by atoms with Crippen molar-refractivity contribution in [3.8, 4) is 0 Å². The molecule has 0 bridgehead atoms. The van der Waals surface area contributed by atoms with Gasteiger partial charge in [0.15, 0.2) is 0 Å². The minimum Gasteiger partial charge on any atom is -0.326 e. The molecule has 0 aliphatic rings. The maximum Gasteiger partial charge on any atom is 0.0762 e. The van der Waals surface area contributed by atoms with Crippen LogP contribution in [0.4, 0.5) is 0 Å². The lowest BCUT2D eigenvalue weighted by atomic mass is 10.4. The number of rotatable bonds is 4. The van der Waals surface area contributed by atoms with Crippen LogP contribution in [0.1, 0.15) is 13.8 Å². The third-order valence-corrected chi connectivity index (χ3v) is 1.07. The van der Waals surface area contributed by atoms with Gasteiger partial charge in [0.05, 0.1) is 6.61 Å². The second-order valence-electron chi connectivity index (χ2n) is 1.67. The standard InChI is InChI=1S/C5H13NOS/c1-3-8-7-4-5(2)6/h5H,3-4,6H2,1-2H3. The average Bonchev–Trinajstić information content (AvgIpc) is 1.66. The van der Waals surface area contributed by atoms with Gasteiger partial charge in [0, 0.05) is 11.8 Å². The topological polar surface area (TPSA) is 35.2 Å². The highest BCUT2D eigenvalue weighted by molar-refractivity contribution is 7.94. The first-order valence-electron chi connectivity index (χ1n) is 2.77. The molecule has 0 aliphatic carbocycles. The first-order chi connectivity index (χ1) is 3.77. The Balaban J connectivity index is 2.72. The molecule has 0 heterocycles. The van der Waals surface area contributed by atoms with Crippen LogP contribution in [0.25, 0.3) is 0 Å². The van der Waals surface area contributed by atoms with E-state index in [4.69, 9.17) is 9.92 Å². The van der Waals surface area contributed by atoms with Crippen LogP contribution in [0.5, 0.6) is 0 Å². The average molecular weight is 135 g/mol. The van der Waals surface area contributed by atoms with Gasteiger partial charge < -0.3 is 9.92 Å². The fraction of sp³-hybridized carbons (Fsp3) is 1.00. The fourth-order valence-corrected chi connectivity index (χ4v) is 0.716. The van der Waals surface area contributed by atoms with Crippen molar-refractivity contribution in [2.45, 2.75) is 19.9 Å². The van der Waals surface area contributed by atoms with Crippen LogP contribution in [-0.2, 0) is 4.18 Å². The molecule has 3 heteroatoms. The van der Waals surface area contributed by atoms with Crippen LogP contribution < -0.4 is 5.73 Å². The highest BCUT2D eigenvalue weighted by atomic mass is 32.2. The second-order valence-corrected chi connectivity index (χ2v) is 2.72. The molecule has 1 atom stereocenters. The van der Waals surface area contributed by atoms with Crippen molar-refractivity contribution in [3.63, 3.8) is 0 Å². The van der Waals surface area contributed by atoms with Gasteiger partial charge in [0.25, 0.3) is 0 Å². The Morgan fingerprint density at radius 2 is 2.38 bits per heavy atom. The van der Waals surface area contributed by atoms with Gasteiger partial charge in [-0.2, -0.15) is 0 Å². The van der Waals surface area contributed by atoms with Gasteiger partial charge in [0.2, 0.25) is 0 Å². The van der Waals surface area contributed by atoms with Crippen LogP contribution in [-0.4, -0.2) is 18.4 Å². The monoisotopic (exact) mass is 135 g/mol. The zero-order valence-corrected chi connectivity index (χ0v) is 6.20. The van der Waals surface area contributed by atoms with E-state index in [0.717, 1.165) is 5.75 Å². The third-order valence-electron chi connectivity index (χ3n) is 0.532. The van der Waals surface area contributed by atoms with E-state index in [-0.39, 0.29) is 6.04 Å². The molecule has 0 aromatic carbocycles. The van der Waals surface area contributed by atoms with E-state index in [1.807, 2.05) is 13.8 Å². The summed E-state index contributed by atoms with van der Waals surface area (Å²) in [4.78, 5) is 0. The zero-order valence-electron chi connectivity index (χ0n) is 5.39.